The summed E-state index contributed by atoms with van der Waals surface area (Å²) < 4.78 is 5.23. The van der Waals surface area contributed by atoms with Crippen molar-refractivity contribution >= 4 is 0 Å². The fourth-order valence-corrected chi connectivity index (χ4v) is 2.79. The van der Waals surface area contributed by atoms with Gasteiger partial charge in [-0.15, -0.1) is 0 Å². The van der Waals surface area contributed by atoms with Crippen molar-refractivity contribution in [3.63, 3.8) is 0 Å². The molecule has 3 heteroatoms. The van der Waals surface area contributed by atoms with Crippen LogP contribution in [0.4, 0.5) is 0 Å². The number of nitriles is 1. The van der Waals surface area contributed by atoms with Crippen LogP contribution in [0.5, 0.6) is 5.75 Å². The summed E-state index contributed by atoms with van der Waals surface area (Å²) in [5.41, 5.74) is 1.24. The van der Waals surface area contributed by atoms with Crippen LogP contribution in [-0.2, 0) is 6.54 Å². The van der Waals surface area contributed by atoms with Crippen LogP contribution in [0.15, 0.2) is 24.3 Å². The first-order chi connectivity index (χ1) is 8.74. The molecule has 2 atom stereocenters. The third-order valence-corrected chi connectivity index (χ3v) is 3.78. The highest BCUT2D eigenvalue weighted by Gasteiger charge is 2.30. The van der Waals surface area contributed by atoms with Gasteiger partial charge in [0, 0.05) is 12.6 Å². The van der Waals surface area contributed by atoms with Crippen molar-refractivity contribution in [3.8, 4) is 11.8 Å². The van der Waals surface area contributed by atoms with Gasteiger partial charge in [-0.05, 0) is 37.6 Å². The molecule has 18 heavy (non-hydrogen) atoms. The molecule has 0 radical (unpaired) electrons. The number of benzene rings is 1. The molecule has 0 N–H and O–H groups in total. The smallest absolute Gasteiger partial charge is 0.119 e. The zero-order valence-electron chi connectivity index (χ0n) is 11.1. The Morgan fingerprint density at radius 2 is 2.28 bits per heavy atom. The molecule has 1 fully saturated rings. The van der Waals surface area contributed by atoms with Gasteiger partial charge in [0.2, 0.25) is 0 Å². The summed E-state index contributed by atoms with van der Waals surface area (Å²) in [5.74, 6) is 1.09. The summed E-state index contributed by atoms with van der Waals surface area (Å²) in [6, 6.07) is 11.0. The minimum Gasteiger partial charge on any atom is -0.497 e. The van der Waals surface area contributed by atoms with E-state index in [9.17, 15) is 0 Å². The van der Waals surface area contributed by atoms with Crippen molar-refractivity contribution in [2.75, 3.05) is 14.2 Å². The topological polar surface area (TPSA) is 36.3 Å². The van der Waals surface area contributed by atoms with Gasteiger partial charge in [0.15, 0.2) is 0 Å². The molecule has 1 aliphatic rings. The molecule has 2 unspecified atom stereocenters. The van der Waals surface area contributed by atoms with Crippen LogP contribution in [0.2, 0.25) is 0 Å². The molecular weight excluding hydrogens is 224 g/mol. The fourth-order valence-electron chi connectivity index (χ4n) is 2.79. The van der Waals surface area contributed by atoms with Crippen molar-refractivity contribution in [3.05, 3.63) is 29.8 Å². The maximum absolute atomic E-state index is 9.14. The van der Waals surface area contributed by atoms with Crippen LogP contribution in [-0.4, -0.2) is 25.1 Å². The summed E-state index contributed by atoms with van der Waals surface area (Å²) in [7, 11) is 3.80. The molecule has 0 heterocycles. The third kappa shape index (κ3) is 2.83. The van der Waals surface area contributed by atoms with Gasteiger partial charge in [0.1, 0.15) is 5.75 Å². The SMILES string of the molecule is COc1cccc(CN(C)C2CCCC2C#N)c1. The summed E-state index contributed by atoms with van der Waals surface area (Å²) >= 11 is 0. The predicted molar refractivity (Wildman–Crippen MR) is 71.2 cm³/mol. The van der Waals surface area contributed by atoms with E-state index in [0.29, 0.717) is 6.04 Å². The van der Waals surface area contributed by atoms with Crippen molar-refractivity contribution < 1.29 is 4.74 Å². The molecule has 1 aromatic carbocycles. The Morgan fingerprint density at radius 1 is 1.44 bits per heavy atom. The van der Waals surface area contributed by atoms with E-state index in [0.717, 1.165) is 25.1 Å². The first kappa shape index (κ1) is 12.9. The average molecular weight is 244 g/mol. The van der Waals surface area contributed by atoms with Crippen molar-refractivity contribution in [2.45, 2.75) is 31.8 Å². The van der Waals surface area contributed by atoms with E-state index >= 15 is 0 Å². The Hall–Kier alpha value is -1.53. The van der Waals surface area contributed by atoms with Gasteiger partial charge in [-0.25, -0.2) is 0 Å². The Labute approximate surface area is 109 Å². The van der Waals surface area contributed by atoms with Crippen LogP contribution in [0.1, 0.15) is 24.8 Å². The Balaban J connectivity index is 2.02. The standard InChI is InChI=1S/C15H20N2O/c1-17(15-8-4-6-13(15)10-16)11-12-5-3-7-14(9-12)18-2/h3,5,7,9,13,15H,4,6,8,11H2,1-2H3. The maximum Gasteiger partial charge on any atom is 0.119 e. The lowest BCUT2D eigenvalue weighted by Gasteiger charge is -2.26. The molecule has 3 nitrogen and oxygen atoms in total. The van der Waals surface area contributed by atoms with Crippen LogP contribution in [0, 0.1) is 17.2 Å². The molecule has 0 amide bonds. The molecule has 2 rings (SSSR count). The quantitative estimate of drug-likeness (QED) is 0.817. The number of nitrogens with zero attached hydrogens (tertiary/aromatic N) is 2. The summed E-state index contributed by atoms with van der Waals surface area (Å²) in [4.78, 5) is 2.30. The van der Waals surface area contributed by atoms with Gasteiger partial charge in [0.25, 0.3) is 0 Å². The van der Waals surface area contributed by atoms with Gasteiger partial charge in [-0.1, -0.05) is 18.6 Å². The molecule has 1 aliphatic carbocycles. The fraction of sp³-hybridized carbons (Fsp3) is 0.533. The van der Waals surface area contributed by atoms with Gasteiger partial charge >= 0.3 is 0 Å². The maximum atomic E-state index is 9.14. The van der Waals surface area contributed by atoms with Crippen LogP contribution < -0.4 is 4.74 Å². The highest BCUT2D eigenvalue weighted by Crippen LogP contribution is 2.29. The number of hydrogen-bond acceptors (Lipinski definition) is 3. The number of hydrogen-bond donors (Lipinski definition) is 0. The van der Waals surface area contributed by atoms with Gasteiger partial charge in [-0.2, -0.15) is 5.26 Å². The minimum atomic E-state index is 0.195. The number of methoxy groups -OCH3 is 1. The minimum absolute atomic E-state index is 0.195. The second kappa shape index (κ2) is 5.88. The molecular formula is C15H20N2O. The molecule has 0 saturated heterocycles. The Bertz CT molecular complexity index is 438. The molecule has 0 aliphatic heterocycles. The zero-order valence-corrected chi connectivity index (χ0v) is 11.1. The third-order valence-electron chi connectivity index (χ3n) is 3.78. The number of ether oxygens (including phenoxy) is 1. The second-order valence-electron chi connectivity index (χ2n) is 5.00. The second-order valence-corrected chi connectivity index (χ2v) is 5.00. The van der Waals surface area contributed by atoms with E-state index in [4.69, 9.17) is 10.00 Å². The van der Waals surface area contributed by atoms with Gasteiger partial charge in [0.05, 0.1) is 19.1 Å². The highest BCUT2D eigenvalue weighted by atomic mass is 16.5. The Morgan fingerprint density at radius 3 is 3.00 bits per heavy atom. The van der Waals surface area contributed by atoms with Crippen molar-refractivity contribution in [1.29, 1.82) is 5.26 Å². The number of rotatable bonds is 4. The first-order valence-corrected chi connectivity index (χ1v) is 6.47. The van der Waals surface area contributed by atoms with E-state index in [-0.39, 0.29) is 5.92 Å². The van der Waals surface area contributed by atoms with E-state index in [1.54, 1.807) is 7.11 Å². The van der Waals surface area contributed by atoms with Crippen molar-refractivity contribution in [1.82, 2.24) is 4.90 Å². The normalized spacial score (nSPS) is 23.0. The summed E-state index contributed by atoms with van der Waals surface area (Å²) in [5, 5.41) is 9.14. The monoisotopic (exact) mass is 244 g/mol. The molecule has 1 saturated carbocycles. The lowest BCUT2D eigenvalue weighted by atomic mass is 10.0. The molecule has 1 aromatic rings. The molecule has 0 spiro atoms. The Kier molecular flexibility index (Phi) is 4.22. The largest absolute Gasteiger partial charge is 0.497 e. The van der Waals surface area contributed by atoms with E-state index < -0.39 is 0 Å². The highest BCUT2D eigenvalue weighted by molar-refractivity contribution is 5.28. The lowest BCUT2D eigenvalue weighted by molar-refractivity contribution is 0.212. The molecule has 0 bridgehead atoms. The average Bonchev–Trinajstić information content (AvgIpc) is 2.87. The van der Waals surface area contributed by atoms with Crippen LogP contribution >= 0.6 is 0 Å². The predicted octanol–water partition coefficient (Wildman–Crippen LogP) is 2.82. The van der Waals surface area contributed by atoms with Gasteiger partial charge in [-0.3, -0.25) is 4.90 Å². The van der Waals surface area contributed by atoms with E-state index in [1.165, 1.54) is 12.0 Å². The molecule has 96 valence electrons. The van der Waals surface area contributed by atoms with Gasteiger partial charge < -0.3 is 4.74 Å². The van der Waals surface area contributed by atoms with Crippen LogP contribution in [0.25, 0.3) is 0 Å². The van der Waals surface area contributed by atoms with E-state index in [1.807, 2.05) is 12.1 Å². The first-order valence-electron chi connectivity index (χ1n) is 6.47. The summed E-state index contributed by atoms with van der Waals surface area (Å²) in [6.07, 6.45) is 3.35. The zero-order chi connectivity index (χ0) is 13.0. The summed E-state index contributed by atoms with van der Waals surface area (Å²) in [6.45, 7) is 0.875. The van der Waals surface area contributed by atoms with E-state index in [2.05, 4.69) is 30.1 Å². The van der Waals surface area contributed by atoms with Crippen molar-refractivity contribution in [2.24, 2.45) is 5.92 Å². The molecule has 0 aromatic heterocycles. The van der Waals surface area contributed by atoms with Crippen LogP contribution in [0.3, 0.4) is 0 Å². The lowest BCUT2D eigenvalue weighted by Crippen LogP contribution is -2.33.